The molecular weight excluding hydrogens is 276 g/mol. The molecule has 104 valence electrons. The molecule has 1 aliphatic rings. The zero-order chi connectivity index (χ0) is 13.8. The smallest absolute Gasteiger partial charge is 0.396 e. The quantitative estimate of drug-likeness (QED) is 0.683. The van der Waals surface area contributed by atoms with Gasteiger partial charge in [-0.25, -0.2) is 14.4 Å². The van der Waals surface area contributed by atoms with Crippen LogP contribution in [-0.4, -0.2) is 44.9 Å². The molecule has 1 aliphatic carbocycles. The average Bonchev–Trinajstić information content (AvgIpc) is 2.68. The molecule has 5 atom stereocenters. The lowest BCUT2D eigenvalue weighted by atomic mass is 10.1. The molecule has 1 fully saturated rings. The van der Waals surface area contributed by atoms with Gasteiger partial charge in [-0.15, -0.1) is 9.42 Å². The highest BCUT2D eigenvalue weighted by molar-refractivity contribution is 7.32. The minimum Gasteiger partial charge on any atom is -0.396 e. The fourth-order valence-corrected chi connectivity index (χ4v) is 2.71. The van der Waals surface area contributed by atoms with Gasteiger partial charge in [-0.2, -0.15) is 0 Å². The van der Waals surface area contributed by atoms with E-state index in [2.05, 4.69) is 19.8 Å². The van der Waals surface area contributed by atoms with Gasteiger partial charge in [0.2, 0.25) is 0 Å². The molecule has 0 radical (unpaired) electrons. The Morgan fingerprint density at radius 1 is 1.63 bits per heavy atom. The van der Waals surface area contributed by atoms with Gasteiger partial charge in [-0.05, 0) is 12.5 Å². The molecule has 0 aromatic carbocycles. The van der Waals surface area contributed by atoms with Crippen LogP contribution in [0.3, 0.4) is 0 Å². The number of nitrogens with one attached hydrogen (secondary N) is 1. The van der Waals surface area contributed by atoms with Crippen LogP contribution in [0, 0.1) is 5.92 Å². The Morgan fingerprint density at radius 2 is 2.42 bits per heavy atom. The third-order valence-corrected chi connectivity index (χ3v) is 3.50. The van der Waals surface area contributed by atoms with Gasteiger partial charge in [0, 0.05) is 23.3 Å². The molecule has 3 N–H and O–H groups in total. The number of nitrogens with zero attached hydrogens (tertiary/aromatic N) is 2. The van der Waals surface area contributed by atoms with Crippen molar-refractivity contribution < 1.29 is 23.5 Å². The van der Waals surface area contributed by atoms with E-state index in [0.717, 1.165) is 0 Å². The molecule has 2 unspecified atom stereocenters. The van der Waals surface area contributed by atoms with Crippen LogP contribution in [0.25, 0.3) is 0 Å². The molecule has 0 amide bonds. The zero-order valence-electron chi connectivity index (χ0n) is 9.89. The molecule has 19 heavy (non-hydrogen) atoms. The Balaban J connectivity index is 2.05. The number of aliphatic hydroxyl groups is 1. The van der Waals surface area contributed by atoms with Gasteiger partial charge in [0.1, 0.15) is 12.1 Å². The lowest BCUT2D eigenvalue weighted by molar-refractivity contribution is 0.0612. The summed E-state index contributed by atoms with van der Waals surface area (Å²) < 4.78 is 29.5. The van der Waals surface area contributed by atoms with Crippen LogP contribution in [0.5, 0.6) is 0 Å². The summed E-state index contributed by atoms with van der Waals surface area (Å²) in [5.41, 5.74) is 0. The van der Waals surface area contributed by atoms with E-state index in [1.807, 2.05) is 0 Å². The van der Waals surface area contributed by atoms with E-state index < -0.39 is 32.5 Å². The Hall–Kier alpha value is -1.21. The first-order valence-corrected chi connectivity index (χ1v) is 6.85. The van der Waals surface area contributed by atoms with Crippen molar-refractivity contribution in [1.82, 2.24) is 9.97 Å². The number of hydrogen-bond donors (Lipinski definition) is 3. The molecule has 7 nitrogen and oxygen atoms in total. The van der Waals surface area contributed by atoms with Gasteiger partial charge in [-0.3, -0.25) is 0 Å². The lowest BCUT2D eigenvalue weighted by Crippen LogP contribution is -2.33. The maximum Gasteiger partial charge on any atom is 0.695 e. The van der Waals surface area contributed by atoms with Gasteiger partial charge < -0.3 is 10.4 Å². The van der Waals surface area contributed by atoms with Gasteiger partial charge >= 0.3 is 8.25 Å². The van der Waals surface area contributed by atoms with Crippen molar-refractivity contribution in [3.8, 4) is 0 Å². The summed E-state index contributed by atoms with van der Waals surface area (Å²) in [5, 5.41) is 12.0. The van der Waals surface area contributed by atoms with E-state index >= 15 is 0 Å². The number of anilines is 1. The highest BCUT2D eigenvalue weighted by atomic mass is 31.1. The van der Waals surface area contributed by atoms with Crippen LogP contribution in [0.15, 0.2) is 18.6 Å². The first-order chi connectivity index (χ1) is 9.11. The van der Waals surface area contributed by atoms with Crippen molar-refractivity contribution in [2.75, 3.05) is 11.9 Å². The van der Waals surface area contributed by atoms with E-state index in [-0.39, 0.29) is 13.0 Å². The molecule has 1 aromatic heterocycles. The third kappa shape index (κ3) is 3.42. The second-order valence-electron chi connectivity index (χ2n) is 4.28. The highest BCUT2D eigenvalue weighted by Gasteiger charge is 2.48. The monoisotopic (exact) mass is 290 g/mol. The molecule has 0 aliphatic heterocycles. The largest absolute Gasteiger partial charge is 0.695 e. The van der Waals surface area contributed by atoms with E-state index in [4.69, 9.17) is 4.89 Å². The number of alkyl halides is 1. The highest BCUT2D eigenvalue weighted by Crippen LogP contribution is 2.37. The van der Waals surface area contributed by atoms with E-state index in [1.165, 1.54) is 12.5 Å². The summed E-state index contributed by atoms with van der Waals surface area (Å²) in [6.07, 6.45) is 0.526. The minimum atomic E-state index is -2.90. The van der Waals surface area contributed by atoms with E-state index in [1.54, 1.807) is 6.07 Å². The second-order valence-corrected chi connectivity index (χ2v) is 4.96. The van der Waals surface area contributed by atoms with E-state index in [0.29, 0.717) is 5.82 Å². The molecule has 0 spiro atoms. The normalized spacial score (nSPS) is 31.2. The molecular formula is C10H14FN3O4P+. The van der Waals surface area contributed by atoms with Crippen molar-refractivity contribution in [2.24, 2.45) is 5.92 Å². The zero-order valence-corrected chi connectivity index (χ0v) is 10.8. The molecule has 2 rings (SSSR count). The SMILES string of the molecule is O=[P+](O)O[C@@H]1C(CO)C[C@@H](Nc2ccncn2)[C@@H]1F. The number of hydrogen-bond acceptors (Lipinski definition) is 6. The van der Waals surface area contributed by atoms with Crippen molar-refractivity contribution in [1.29, 1.82) is 0 Å². The standard InChI is InChI=1S/C10H13FN3O4P/c11-9-7(14-8-1-2-12-5-13-8)3-6(4-15)10(9)18-19(16)17/h1-2,5-7,9-10,15H,3-4H2,(H-,12,13,14,16,17)/p+1/t6?,7-,9+,10-/m1/s1. The predicted molar refractivity (Wildman–Crippen MR) is 64.2 cm³/mol. The molecule has 0 saturated heterocycles. The predicted octanol–water partition coefficient (Wildman–Crippen LogP) is 0.642. The summed E-state index contributed by atoms with van der Waals surface area (Å²) in [6, 6.07) is 0.952. The van der Waals surface area contributed by atoms with Crippen LogP contribution >= 0.6 is 8.25 Å². The first-order valence-electron chi connectivity index (χ1n) is 5.72. The summed E-state index contributed by atoms with van der Waals surface area (Å²) in [7, 11) is -2.90. The summed E-state index contributed by atoms with van der Waals surface area (Å²) >= 11 is 0. The second kappa shape index (κ2) is 6.29. The van der Waals surface area contributed by atoms with Crippen molar-refractivity contribution >= 4 is 14.1 Å². The fourth-order valence-electron chi connectivity index (χ4n) is 2.21. The van der Waals surface area contributed by atoms with Crippen LogP contribution in [0.1, 0.15) is 6.42 Å². The average molecular weight is 290 g/mol. The Bertz CT molecular complexity index is 438. The number of halogens is 1. The summed E-state index contributed by atoms with van der Waals surface area (Å²) in [6.45, 7) is -0.309. The van der Waals surface area contributed by atoms with Crippen LogP contribution < -0.4 is 5.32 Å². The molecule has 0 bridgehead atoms. The van der Waals surface area contributed by atoms with Gasteiger partial charge in [0.05, 0.1) is 6.04 Å². The van der Waals surface area contributed by atoms with Crippen LogP contribution in [0.4, 0.5) is 10.2 Å². The number of aromatic nitrogens is 2. The fraction of sp³-hybridized carbons (Fsp3) is 0.600. The first kappa shape index (κ1) is 14.2. The van der Waals surface area contributed by atoms with Gasteiger partial charge in [-0.1, -0.05) is 0 Å². The molecule has 1 aromatic rings. The number of rotatable bonds is 5. The Kier molecular flexibility index (Phi) is 4.71. The van der Waals surface area contributed by atoms with Gasteiger partial charge in [0.25, 0.3) is 0 Å². The summed E-state index contributed by atoms with van der Waals surface area (Å²) in [4.78, 5) is 16.4. The Labute approximate surface area is 109 Å². The van der Waals surface area contributed by atoms with Crippen molar-refractivity contribution in [3.63, 3.8) is 0 Å². The lowest BCUT2D eigenvalue weighted by Gasteiger charge is -2.16. The molecule has 1 saturated carbocycles. The Morgan fingerprint density at radius 3 is 3.00 bits per heavy atom. The van der Waals surface area contributed by atoms with E-state index in [9.17, 15) is 14.1 Å². The summed E-state index contributed by atoms with van der Waals surface area (Å²) in [5.74, 6) is -0.0752. The minimum absolute atomic E-state index is 0.287. The maximum atomic E-state index is 14.2. The topological polar surface area (TPSA) is 105 Å². The molecule has 9 heteroatoms. The third-order valence-electron chi connectivity index (χ3n) is 3.08. The van der Waals surface area contributed by atoms with Crippen molar-refractivity contribution in [2.45, 2.75) is 24.7 Å². The maximum absolute atomic E-state index is 14.2. The van der Waals surface area contributed by atoms with Crippen molar-refractivity contribution in [3.05, 3.63) is 18.6 Å². The van der Waals surface area contributed by atoms with Crippen LogP contribution in [-0.2, 0) is 9.09 Å². The van der Waals surface area contributed by atoms with Gasteiger partial charge in [0.15, 0.2) is 12.3 Å². The van der Waals surface area contributed by atoms with Crippen LogP contribution in [0.2, 0.25) is 0 Å². The molecule has 1 heterocycles. The number of aliphatic hydroxyl groups excluding tert-OH is 1.